The molecule has 7 heteroatoms. The molecule has 27 heavy (non-hydrogen) atoms. The van der Waals surface area contributed by atoms with Gasteiger partial charge in [0, 0.05) is 17.5 Å². The summed E-state index contributed by atoms with van der Waals surface area (Å²) in [6.45, 7) is 0.543. The molecule has 0 spiro atoms. The Labute approximate surface area is 156 Å². The molecule has 3 aliphatic rings. The summed E-state index contributed by atoms with van der Waals surface area (Å²) in [6, 6.07) is 4.93. The molecule has 0 amide bonds. The van der Waals surface area contributed by atoms with Gasteiger partial charge < -0.3 is 33.9 Å². The van der Waals surface area contributed by atoms with E-state index in [1.54, 1.807) is 27.3 Å². The van der Waals surface area contributed by atoms with Crippen molar-refractivity contribution in [3.63, 3.8) is 0 Å². The van der Waals surface area contributed by atoms with Crippen LogP contribution in [0.1, 0.15) is 28.8 Å². The zero-order valence-electron chi connectivity index (χ0n) is 15.4. The van der Waals surface area contributed by atoms with Gasteiger partial charge in [-0.2, -0.15) is 0 Å². The summed E-state index contributed by atoms with van der Waals surface area (Å²) in [5.74, 6) is 2.38. The highest BCUT2D eigenvalue weighted by atomic mass is 16.7. The number of quaternary nitrogens is 1. The Morgan fingerprint density at radius 2 is 1.89 bits per heavy atom. The van der Waals surface area contributed by atoms with Gasteiger partial charge in [0.25, 0.3) is 0 Å². The molecule has 3 atom stereocenters. The SMILES string of the molecule is COc1cc2c(cc1OC)[C@H](O)[C@@H]1c3c(cc4c(c3-2)OCO4)CC[N@@+]1(C)[O-]. The van der Waals surface area contributed by atoms with Crippen LogP contribution in [0.3, 0.4) is 0 Å². The summed E-state index contributed by atoms with van der Waals surface area (Å²) in [6.07, 6.45) is -0.320. The van der Waals surface area contributed by atoms with Crippen molar-refractivity contribution in [3.8, 4) is 34.1 Å². The summed E-state index contributed by atoms with van der Waals surface area (Å²) >= 11 is 0. The Bertz CT molecular complexity index is 954. The minimum Gasteiger partial charge on any atom is -0.632 e. The minimum atomic E-state index is -0.950. The quantitative estimate of drug-likeness (QED) is 0.646. The average molecular weight is 371 g/mol. The standard InChI is InChI=1S/C20H21NO6/c1-21(23)5-4-10-6-15-20(27-9-26-15)17-11-7-13(24-2)14(25-3)8-12(11)19(22)18(21)16(10)17/h6-8,18-19,22H,4-5,9H2,1-3H3/t18-,19-,21+/m0/s1. The first-order chi connectivity index (χ1) is 13.0. The molecule has 2 aromatic rings. The van der Waals surface area contributed by atoms with E-state index in [4.69, 9.17) is 18.9 Å². The Morgan fingerprint density at radius 1 is 1.15 bits per heavy atom. The highest BCUT2D eigenvalue weighted by Gasteiger charge is 2.47. The maximum Gasteiger partial charge on any atom is 0.231 e. The molecule has 1 aliphatic carbocycles. The molecule has 2 aliphatic heterocycles. The van der Waals surface area contributed by atoms with Gasteiger partial charge in [-0.05, 0) is 34.9 Å². The number of benzene rings is 2. The second-order valence-corrected chi connectivity index (χ2v) is 7.39. The van der Waals surface area contributed by atoms with Gasteiger partial charge in [-0.1, -0.05) is 0 Å². The Balaban J connectivity index is 1.88. The fraction of sp³-hybridized carbons (Fsp3) is 0.400. The van der Waals surface area contributed by atoms with Crippen LogP contribution in [0.4, 0.5) is 0 Å². The second kappa shape index (κ2) is 5.51. The molecule has 142 valence electrons. The largest absolute Gasteiger partial charge is 0.632 e. The Hall–Kier alpha value is -2.48. The van der Waals surface area contributed by atoms with Crippen molar-refractivity contribution in [2.45, 2.75) is 18.6 Å². The highest BCUT2D eigenvalue weighted by Crippen LogP contribution is 2.59. The third-order valence-corrected chi connectivity index (χ3v) is 5.94. The first-order valence-electron chi connectivity index (χ1n) is 8.92. The summed E-state index contributed by atoms with van der Waals surface area (Å²) in [7, 11) is 4.74. The molecule has 0 saturated heterocycles. The van der Waals surface area contributed by atoms with Gasteiger partial charge in [-0.25, -0.2) is 0 Å². The van der Waals surface area contributed by atoms with Crippen LogP contribution >= 0.6 is 0 Å². The van der Waals surface area contributed by atoms with Crippen LogP contribution in [-0.4, -0.2) is 44.4 Å². The van der Waals surface area contributed by atoms with E-state index in [9.17, 15) is 10.3 Å². The molecule has 2 aromatic carbocycles. The number of aliphatic hydroxyl groups is 1. The number of hydrogen-bond donors (Lipinski definition) is 1. The van der Waals surface area contributed by atoms with Gasteiger partial charge in [0.05, 0.1) is 27.8 Å². The Kier molecular flexibility index (Phi) is 3.40. The van der Waals surface area contributed by atoms with E-state index in [1.165, 1.54) is 0 Å². The summed E-state index contributed by atoms with van der Waals surface area (Å²) in [5, 5.41) is 24.5. The van der Waals surface area contributed by atoms with Crippen LogP contribution in [0, 0.1) is 5.21 Å². The first-order valence-corrected chi connectivity index (χ1v) is 8.92. The van der Waals surface area contributed by atoms with Crippen LogP contribution in [-0.2, 0) is 6.42 Å². The molecule has 5 rings (SSSR count). The van der Waals surface area contributed by atoms with E-state index in [1.807, 2.05) is 12.1 Å². The number of methoxy groups -OCH3 is 2. The molecule has 0 aromatic heterocycles. The maximum absolute atomic E-state index is 13.3. The number of hydroxylamine groups is 3. The fourth-order valence-electron chi connectivity index (χ4n) is 4.66. The van der Waals surface area contributed by atoms with Crippen LogP contribution in [0.15, 0.2) is 18.2 Å². The van der Waals surface area contributed by atoms with Crippen LogP contribution in [0.25, 0.3) is 11.1 Å². The van der Waals surface area contributed by atoms with E-state index in [-0.39, 0.29) is 6.79 Å². The normalized spacial score (nSPS) is 27.0. The molecule has 0 unspecified atom stereocenters. The van der Waals surface area contributed by atoms with E-state index < -0.39 is 16.8 Å². The Morgan fingerprint density at radius 3 is 2.63 bits per heavy atom. The lowest BCUT2D eigenvalue weighted by molar-refractivity contribution is -0.899. The topological polar surface area (TPSA) is 80.2 Å². The van der Waals surface area contributed by atoms with E-state index in [0.29, 0.717) is 41.5 Å². The molecular formula is C20H21NO6. The number of fused-ring (bicyclic) bond motifs is 4. The predicted molar refractivity (Wildman–Crippen MR) is 96.9 cm³/mol. The smallest absolute Gasteiger partial charge is 0.231 e. The molecule has 2 heterocycles. The lowest BCUT2D eigenvalue weighted by atomic mass is 9.74. The van der Waals surface area contributed by atoms with E-state index >= 15 is 0 Å². The van der Waals surface area contributed by atoms with E-state index in [0.717, 1.165) is 22.3 Å². The van der Waals surface area contributed by atoms with Crippen LogP contribution < -0.4 is 18.9 Å². The third kappa shape index (κ3) is 2.13. The molecule has 7 nitrogen and oxygen atoms in total. The lowest BCUT2D eigenvalue weighted by Gasteiger charge is -2.52. The van der Waals surface area contributed by atoms with Crippen molar-refractivity contribution in [3.05, 3.63) is 40.1 Å². The van der Waals surface area contributed by atoms with Gasteiger partial charge >= 0.3 is 0 Å². The molecule has 0 bridgehead atoms. The molecule has 1 N–H and O–H groups in total. The van der Waals surface area contributed by atoms with Crippen molar-refractivity contribution >= 4 is 0 Å². The van der Waals surface area contributed by atoms with Crippen molar-refractivity contribution in [2.24, 2.45) is 0 Å². The second-order valence-electron chi connectivity index (χ2n) is 7.39. The van der Waals surface area contributed by atoms with Gasteiger partial charge in [-0.15, -0.1) is 0 Å². The number of likely N-dealkylation sites (N-methyl/N-ethyl adjacent to an activating group) is 1. The number of hydrogen-bond acceptors (Lipinski definition) is 6. The summed E-state index contributed by atoms with van der Waals surface area (Å²) < 4.78 is 21.8. The number of nitrogens with zero attached hydrogens (tertiary/aromatic N) is 1. The summed E-state index contributed by atoms with van der Waals surface area (Å²) in [5.41, 5.74) is 4.14. The third-order valence-electron chi connectivity index (χ3n) is 5.94. The van der Waals surface area contributed by atoms with Gasteiger partial charge in [-0.3, -0.25) is 0 Å². The van der Waals surface area contributed by atoms with Gasteiger partial charge in [0.1, 0.15) is 12.1 Å². The number of aliphatic hydroxyl groups excluding tert-OH is 1. The minimum absolute atomic E-state index is 0.143. The van der Waals surface area contributed by atoms with Gasteiger partial charge in [0.2, 0.25) is 6.79 Å². The summed E-state index contributed by atoms with van der Waals surface area (Å²) in [4.78, 5) is 0. The van der Waals surface area contributed by atoms with Crippen LogP contribution in [0.2, 0.25) is 0 Å². The zero-order chi connectivity index (χ0) is 18.9. The molecular weight excluding hydrogens is 350 g/mol. The van der Waals surface area contributed by atoms with Crippen molar-refractivity contribution < 1.29 is 28.7 Å². The van der Waals surface area contributed by atoms with E-state index in [2.05, 4.69) is 0 Å². The highest BCUT2D eigenvalue weighted by molar-refractivity contribution is 5.85. The fourth-order valence-corrected chi connectivity index (χ4v) is 4.66. The predicted octanol–water partition coefficient (Wildman–Crippen LogP) is 2.69. The average Bonchev–Trinajstić information content (AvgIpc) is 3.12. The lowest BCUT2D eigenvalue weighted by Crippen LogP contribution is -2.49. The number of ether oxygens (including phenoxy) is 4. The first kappa shape index (κ1) is 16.7. The van der Waals surface area contributed by atoms with Crippen molar-refractivity contribution in [1.82, 2.24) is 0 Å². The molecule has 0 fully saturated rings. The van der Waals surface area contributed by atoms with Crippen LogP contribution in [0.5, 0.6) is 23.0 Å². The monoisotopic (exact) mass is 371 g/mol. The van der Waals surface area contributed by atoms with Crippen molar-refractivity contribution in [2.75, 3.05) is 34.6 Å². The molecule has 0 saturated carbocycles. The zero-order valence-corrected chi connectivity index (χ0v) is 15.4. The van der Waals surface area contributed by atoms with Gasteiger partial charge in [0.15, 0.2) is 23.0 Å². The number of rotatable bonds is 2. The molecule has 0 radical (unpaired) electrons. The maximum atomic E-state index is 13.3. The van der Waals surface area contributed by atoms with Crippen molar-refractivity contribution in [1.29, 1.82) is 0 Å².